The lowest BCUT2D eigenvalue weighted by Gasteiger charge is -2.01. The molecule has 2 unspecified atom stereocenters. The number of rotatable bonds is 3. The van der Waals surface area contributed by atoms with Crippen LogP contribution in [0.2, 0.25) is 0 Å². The fraction of sp³-hybridized carbons (Fsp3) is 0.667. The van der Waals surface area contributed by atoms with Gasteiger partial charge in [-0.1, -0.05) is 19.9 Å². The van der Waals surface area contributed by atoms with Gasteiger partial charge in [-0.15, -0.1) is 0 Å². The molecule has 0 aromatic rings. The zero-order valence-electron chi connectivity index (χ0n) is 9.70. The Morgan fingerprint density at radius 3 is 2.67 bits per heavy atom. The van der Waals surface area contributed by atoms with E-state index in [9.17, 15) is 4.79 Å². The highest BCUT2D eigenvalue weighted by atomic mass is 16.5. The van der Waals surface area contributed by atoms with E-state index in [1.54, 1.807) is 13.8 Å². The van der Waals surface area contributed by atoms with E-state index in [-0.39, 0.29) is 23.2 Å². The van der Waals surface area contributed by atoms with Crippen LogP contribution in [-0.4, -0.2) is 12.6 Å². The van der Waals surface area contributed by atoms with Crippen molar-refractivity contribution in [2.45, 2.75) is 27.7 Å². The molecule has 0 radical (unpaired) electrons. The molecule has 15 heavy (non-hydrogen) atoms. The van der Waals surface area contributed by atoms with Crippen molar-refractivity contribution in [1.82, 2.24) is 0 Å². The molecule has 1 aliphatic carbocycles. The van der Waals surface area contributed by atoms with E-state index < -0.39 is 0 Å². The lowest BCUT2D eigenvalue weighted by atomic mass is 10.1. The van der Waals surface area contributed by atoms with Crippen LogP contribution in [0.15, 0.2) is 11.6 Å². The molecule has 3 nitrogen and oxygen atoms in total. The molecule has 82 valence electrons. The molecule has 2 atom stereocenters. The molecule has 0 N–H and O–H groups in total. The second-order valence-electron chi connectivity index (χ2n) is 4.54. The van der Waals surface area contributed by atoms with Crippen LogP contribution in [0.3, 0.4) is 0 Å². The summed E-state index contributed by atoms with van der Waals surface area (Å²) in [4.78, 5) is 11.6. The van der Waals surface area contributed by atoms with Crippen LogP contribution in [0.1, 0.15) is 27.7 Å². The first-order valence-electron chi connectivity index (χ1n) is 5.20. The molecule has 0 saturated heterocycles. The molecule has 0 aromatic carbocycles. The van der Waals surface area contributed by atoms with Crippen molar-refractivity contribution in [3.63, 3.8) is 0 Å². The highest BCUT2D eigenvalue weighted by Crippen LogP contribution is 2.59. The van der Waals surface area contributed by atoms with E-state index in [0.29, 0.717) is 12.2 Å². The summed E-state index contributed by atoms with van der Waals surface area (Å²) in [6.45, 7) is 8.04. The van der Waals surface area contributed by atoms with Crippen LogP contribution in [0.5, 0.6) is 0 Å². The number of esters is 1. The topological polar surface area (TPSA) is 50.1 Å². The normalized spacial score (nSPS) is 28.1. The van der Waals surface area contributed by atoms with E-state index in [0.717, 1.165) is 0 Å². The summed E-state index contributed by atoms with van der Waals surface area (Å²) in [5, 5.41) is 8.68. The maximum Gasteiger partial charge on any atom is 0.310 e. The van der Waals surface area contributed by atoms with Gasteiger partial charge in [-0.25, -0.2) is 0 Å². The van der Waals surface area contributed by atoms with E-state index in [2.05, 4.69) is 6.07 Å². The summed E-state index contributed by atoms with van der Waals surface area (Å²) in [6, 6.07) is 2.07. The van der Waals surface area contributed by atoms with Gasteiger partial charge < -0.3 is 4.74 Å². The van der Waals surface area contributed by atoms with Crippen molar-refractivity contribution >= 4 is 5.97 Å². The fourth-order valence-electron chi connectivity index (χ4n) is 1.98. The number of nitrogens with zero attached hydrogens (tertiary/aromatic N) is 1. The van der Waals surface area contributed by atoms with Crippen molar-refractivity contribution in [3.8, 4) is 6.07 Å². The first-order valence-corrected chi connectivity index (χ1v) is 5.20. The molecule has 0 amide bonds. The van der Waals surface area contributed by atoms with E-state index in [1.165, 1.54) is 0 Å². The van der Waals surface area contributed by atoms with Crippen LogP contribution < -0.4 is 0 Å². The predicted molar refractivity (Wildman–Crippen MR) is 56.8 cm³/mol. The standard InChI is InChI=1S/C12H17NO2/c1-5-15-11(14)10-9(12(10,3)4)6-8(2)7-13/h6,9-10H,5H2,1-4H3/b8-6+. The lowest BCUT2D eigenvalue weighted by molar-refractivity contribution is -0.145. The summed E-state index contributed by atoms with van der Waals surface area (Å²) in [5.74, 6) is -0.0774. The molecule has 1 aliphatic rings. The number of nitriles is 1. The monoisotopic (exact) mass is 207 g/mol. The Kier molecular flexibility index (Phi) is 3.18. The number of hydrogen-bond acceptors (Lipinski definition) is 3. The minimum atomic E-state index is -0.144. The number of hydrogen-bond donors (Lipinski definition) is 0. The van der Waals surface area contributed by atoms with E-state index in [4.69, 9.17) is 10.00 Å². The Hall–Kier alpha value is -1.30. The van der Waals surface area contributed by atoms with Gasteiger partial charge in [0.2, 0.25) is 0 Å². The van der Waals surface area contributed by atoms with Gasteiger partial charge in [-0.3, -0.25) is 4.79 Å². The maximum atomic E-state index is 11.6. The number of carbonyl (C=O) groups is 1. The fourth-order valence-corrected chi connectivity index (χ4v) is 1.98. The average Bonchev–Trinajstić information content (AvgIpc) is 2.68. The highest BCUT2D eigenvalue weighted by molar-refractivity contribution is 5.78. The SMILES string of the molecule is CCOC(=O)C1C(/C=C(\C)C#N)C1(C)C. The van der Waals surface area contributed by atoms with Crippen LogP contribution in [0, 0.1) is 28.6 Å². The number of allylic oxidation sites excluding steroid dienone is 2. The minimum Gasteiger partial charge on any atom is -0.466 e. The molecule has 0 aromatic heterocycles. The summed E-state index contributed by atoms with van der Waals surface area (Å²) in [7, 11) is 0. The smallest absolute Gasteiger partial charge is 0.310 e. The third kappa shape index (κ3) is 2.20. The molecule has 1 saturated carbocycles. The van der Waals surface area contributed by atoms with Gasteiger partial charge >= 0.3 is 5.97 Å². The molecule has 0 spiro atoms. The van der Waals surface area contributed by atoms with Gasteiger partial charge in [0.1, 0.15) is 0 Å². The van der Waals surface area contributed by atoms with Gasteiger partial charge in [-0.05, 0) is 25.2 Å². The Bertz CT molecular complexity index is 336. The first-order chi connectivity index (χ1) is 6.95. The van der Waals surface area contributed by atoms with Crippen LogP contribution >= 0.6 is 0 Å². The van der Waals surface area contributed by atoms with Crippen LogP contribution in [-0.2, 0) is 9.53 Å². The molecule has 3 heteroatoms. The Morgan fingerprint density at radius 2 is 2.20 bits per heavy atom. The van der Waals surface area contributed by atoms with Gasteiger partial charge in [-0.2, -0.15) is 5.26 Å². The zero-order valence-corrected chi connectivity index (χ0v) is 9.70. The Morgan fingerprint density at radius 1 is 1.60 bits per heavy atom. The summed E-state index contributed by atoms with van der Waals surface area (Å²) < 4.78 is 5.00. The van der Waals surface area contributed by atoms with Gasteiger partial charge in [0.15, 0.2) is 0 Å². The highest BCUT2D eigenvalue weighted by Gasteiger charge is 2.61. The van der Waals surface area contributed by atoms with Crippen molar-refractivity contribution in [2.75, 3.05) is 6.61 Å². The molecule has 0 bridgehead atoms. The molecular weight excluding hydrogens is 190 g/mol. The third-order valence-electron chi connectivity index (χ3n) is 3.06. The van der Waals surface area contributed by atoms with Crippen molar-refractivity contribution in [2.24, 2.45) is 17.3 Å². The maximum absolute atomic E-state index is 11.6. The predicted octanol–water partition coefficient (Wildman–Crippen LogP) is 2.29. The quantitative estimate of drug-likeness (QED) is 0.527. The third-order valence-corrected chi connectivity index (χ3v) is 3.06. The van der Waals surface area contributed by atoms with Gasteiger partial charge in [0.05, 0.1) is 18.6 Å². The first kappa shape index (κ1) is 11.8. The second kappa shape index (κ2) is 4.06. The van der Waals surface area contributed by atoms with Crippen molar-refractivity contribution in [3.05, 3.63) is 11.6 Å². The summed E-state index contributed by atoms with van der Waals surface area (Å²) in [6.07, 6.45) is 1.88. The summed E-state index contributed by atoms with van der Waals surface area (Å²) in [5.41, 5.74) is 0.601. The largest absolute Gasteiger partial charge is 0.466 e. The summed E-state index contributed by atoms with van der Waals surface area (Å²) >= 11 is 0. The molecule has 1 rings (SSSR count). The second-order valence-corrected chi connectivity index (χ2v) is 4.54. The Balaban J connectivity index is 2.72. The van der Waals surface area contributed by atoms with Crippen LogP contribution in [0.25, 0.3) is 0 Å². The van der Waals surface area contributed by atoms with Crippen molar-refractivity contribution < 1.29 is 9.53 Å². The molecule has 0 heterocycles. The lowest BCUT2D eigenvalue weighted by Crippen LogP contribution is -2.10. The van der Waals surface area contributed by atoms with E-state index in [1.807, 2.05) is 19.9 Å². The molecule has 0 aliphatic heterocycles. The van der Waals surface area contributed by atoms with Gasteiger partial charge in [0.25, 0.3) is 0 Å². The van der Waals surface area contributed by atoms with Crippen molar-refractivity contribution in [1.29, 1.82) is 5.26 Å². The molecular formula is C12H17NO2. The average molecular weight is 207 g/mol. The number of ether oxygens (including phenoxy) is 1. The number of carbonyl (C=O) groups excluding carboxylic acids is 1. The zero-order chi connectivity index (χ0) is 11.6. The van der Waals surface area contributed by atoms with E-state index >= 15 is 0 Å². The molecule has 1 fully saturated rings. The Labute approximate surface area is 90.7 Å². The van der Waals surface area contributed by atoms with Gasteiger partial charge in [0, 0.05) is 5.57 Å². The minimum absolute atomic E-state index is 0.0651. The van der Waals surface area contributed by atoms with Crippen LogP contribution in [0.4, 0.5) is 0 Å².